The van der Waals surface area contributed by atoms with Crippen molar-refractivity contribution in [3.8, 4) is 11.5 Å². The number of nitrogens with zero attached hydrogens (tertiary/aromatic N) is 4. The SMILES string of the molecule is CCn1nccc1-c1ncc(I)c(Cl)n1. The van der Waals surface area contributed by atoms with Crippen LogP contribution in [0.2, 0.25) is 5.15 Å². The van der Waals surface area contributed by atoms with Gasteiger partial charge in [-0.2, -0.15) is 5.10 Å². The zero-order valence-corrected chi connectivity index (χ0v) is 10.9. The van der Waals surface area contributed by atoms with Gasteiger partial charge < -0.3 is 0 Å². The van der Waals surface area contributed by atoms with E-state index < -0.39 is 0 Å². The maximum atomic E-state index is 5.94. The van der Waals surface area contributed by atoms with Crippen molar-refractivity contribution in [2.24, 2.45) is 0 Å². The largest absolute Gasteiger partial charge is 0.262 e. The molecule has 2 aromatic heterocycles. The molecule has 0 saturated heterocycles. The molecule has 78 valence electrons. The van der Waals surface area contributed by atoms with Crippen LogP contribution in [0, 0.1) is 3.57 Å². The van der Waals surface area contributed by atoms with Gasteiger partial charge >= 0.3 is 0 Å². The highest BCUT2D eigenvalue weighted by Gasteiger charge is 2.09. The summed E-state index contributed by atoms with van der Waals surface area (Å²) in [4.78, 5) is 8.44. The Hall–Kier alpha value is -0.690. The molecule has 0 unspecified atom stereocenters. The molecular weight excluding hydrogens is 326 g/mol. The van der Waals surface area contributed by atoms with Crippen LogP contribution in [0.25, 0.3) is 11.5 Å². The third-order valence-corrected chi connectivity index (χ3v) is 3.34. The standard InChI is InChI=1S/C9H8ClIN4/c1-2-15-7(3-4-13-15)9-12-5-6(11)8(10)14-9/h3-5H,2H2,1H3. The average Bonchev–Trinajstić information content (AvgIpc) is 2.70. The van der Waals surface area contributed by atoms with Crippen LogP contribution in [-0.2, 0) is 6.54 Å². The Morgan fingerprint density at radius 1 is 1.53 bits per heavy atom. The van der Waals surface area contributed by atoms with Crippen molar-refractivity contribution in [1.29, 1.82) is 0 Å². The molecular formula is C9H8ClIN4. The first kappa shape index (κ1) is 10.8. The molecule has 0 radical (unpaired) electrons. The van der Waals surface area contributed by atoms with Gasteiger partial charge in [0.15, 0.2) is 5.82 Å². The number of aryl methyl sites for hydroxylation is 1. The summed E-state index contributed by atoms with van der Waals surface area (Å²) in [5.74, 6) is 0.611. The second-order valence-corrected chi connectivity index (χ2v) is 4.38. The second kappa shape index (κ2) is 4.44. The van der Waals surface area contributed by atoms with Gasteiger partial charge in [-0.05, 0) is 35.6 Å². The van der Waals surface area contributed by atoms with E-state index in [0.29, 0.717) is 11.0 Å². The molecule has 15 heavy (non-hydrogen) atoms. The molecule has 0 atom stereocenters. The summed E-state index contributed by atoms with van der Waals surface area (Å²) in [5, 5.41) is 4.63. The quantitative estimate of drug-likeness (QED) is 0.626. The Balaban J connectivity index is 2.50. The van der Waals surface area contributed by atoms with E-state index in [0.717, 1.165) is 15.8 Å². The fourth-order valence-corrected chi connectivity index (χ4v) is 1.63. The number of hydrogen-bond donors (Lipinski definition) is 0. The number of rotatable bonds is 2. The molecule has 0 aliphatic rings. The minimum Gasteiger partial charge on any atom is -0.262 e. The van der Waals surface area contributed by atoms with Crippen molar-refractivity contribution >= 4 is 34.2 Å². The van der Waals surface area contributed by atoms with E-state index in [1.807, 2.05) is 17.7 Å². The van der Waals surface area contributed by atoms with Crippen LogP contribution in [0.3, 0.4) is 0 Å². The summed E-state index contributed by atoms with van der Waals surface area (Å²) >= 11 is 8.04. The second-order valence-electron chi connectivity index (χ2n) is 2.86. The Bertz CT molecular complexity index is 483. The van der Waals surface area contributed by atoms with E-state index >= 15 is 0 Å². The lowest BCUT2D eigenvalue weighted by Gasteiger charge is -2.03. The van der Waals surface area contributed by atoms with Crippen molar-refractivity contribution in [1.82, 2.24) is 19.7 Å². The van der Waals surface area contributed by atoms with Gasteiger partial charge in [0.1, 0.15) is 10.8 Å². The lowest BCUT2D eigenvalue weighted by Crippen LogP contribution is -2.01. The highest BCUT2D eigenvalue weighted by molar-refractivity contribution is 14.1. The fourth-order valence-electron chi connectivity index (χ4n) is 1.24. The van der Waals surface area contributed by atoms with E-state index in [-0.39, 0.29) is 0 Å². The minimum absolute atomic E-state index is 0.476. The molecule has 0 amide bonds. The molecule has 4 nitrogen and oxygen atoms in total. The molecule has 2 rings (SSSR count). The molecule has 0 N–H and O–H groups in total. The third-order valence-electron chi connectivity index (χ3n) is 1.95. The monoisotopic (exact) mass is 334 g/mol. The van der Waals surface area contributed by atoms with E-state index in [2.05, 4.69) is 37.7 Å². The van der Waals surface area contributed by atoms with Crippen LogP contribution in [0.15, 0.2) is 18.5 Å². The number of aromatic nitrogens is 4. The first-order chi connectivity index (χ1) is 7.22. The summed E-state index contributed by atoms with van der Waals surface area (Å²) in [7, 11) is 0. The summed E-state index contributed by atoms with van der Waals surface area (Å²) in [5.41, 5.74) is 0.885. The zero-order valence-electron chi connectivity index (χ0n) is 7.98. The smallest absolute Gasteiger partial charge is 0.179 e. The van der Waals surface area contributed by atoms with Crippen LogP contribution in [0.1, 0.15) is 6.92 Å². The molecule has 0 aromatic carbocycles. The van der Waals surface area contributed by atoms with Gasteiger partial charge in [0.05, 0.1) is 3.57 Å². The van der Waals surface area contributed by atoms with Gasteiger partial charge in [-0.3, -0.25) is 4.68 Å². The van der Waals surface area contributed by atoms with E-state index in [9.17, 15) is 0 Å². The molecule has 0 aliphatic carbocycles. The van der Waals surface area contributed by atoms with Crippen LogP contribution in [-0.4, -0.2) is 19.7 Å². The minimum atomic E-state index is 0.476. The van der Waals surface area contributed by atoms with Crippen molar-refractivity contribution in [2.45, 2.75) is 13.5 Å². The summed E-state index contributed by atoms with van der Waals surface area (Å²) in [6.45, 7) is 2.81. The Morgan fingerprint density at radius 3 is 3.00 bits per heavy atom. The lowest BCUT2D eigenvalue weighted by atomic mass is 10.4. The summed E-state index contributed by atoms with van der Waals surface area (Å²) < 4.78 is 2.68. The third kappa shape index (κ3) is 2.12. The van der Waals surface area contributed by atoms with Gasteiger partial charge in [-0.15, -0.1) is 0 Å². The fraction of sp³-hybridized carbons (Fsp3) is 0.222. The van der Waals surface area contributed by atoms with Crippen LogP contribution < -0.4 is 0 Å². The highest BCUT2D eigenvalue weighted by Crippen LogP contribution is 2.19. The van der Waals surface area contributed by atoms with Gasteiger partial charge in [0.25, 0.3) is 0 Å². The molecule has 2 heterocycles. The number of halogens is 2. The average molecular weight is 335 g/mol. The molecule has 0 fully saturated rings. The molecule has 0 bridgehead atoms. The molecule has 0 saturated carbocycles. The van der Waals surface area contributed by atoms with Gasteiger partial charge in [0.2, 0.25) is 0 Å². The van der Waals surface area contributed by atoms with Gasteiger partial charge in [-0.1, -0.05) is 11.6 Å². The normalized spacial score (nSPS) is 10.6. The predicted molar refractivity (Wildman–Crippen MR) is 66.7 cm³/mol. The summed E-state index contributed by atoms with van der Waals surface area (Å²) in [6, 6.07) is 1.88. The molecule has 6 heteroatoms. The van der Waals surface area contributed by atoms with E-state index in [4.69, 9.17) is 11.6 Å². The molecule has 2 aromatic rings. The maximum absolute atomic E-state index is 5.94. The van der Waals surface area contributed by atoms with Crippen LogP contribution >= 0.6 is 34.2 Å². The Labute approximate surface area is 106 Å². The Morgan fingerprint density at radius 2 is 2.33 bits per heavy atom. The number of hydrogen-bond acceptors (Lipinski definition) is 3. The van der Waals surface area contributed by atoms with Crippen molar-refractivity contribution in [3.05, 3.63) is 27.2 Å². The van der Waals surface area contributed by atoms with Crippen LogP contribution in [0.5, 0.6) is 0 Å². The Kier molecular flexibility index (Phi) is 3.20. The molecule has 0 spiro atoms. The van der Waals surface area contributed by atoms with Crippen molar-refractivity contribution < 1.29 is 0 Å². The molecule has 0 aliphatic heterocycles. The lowest BCUT2D eigenvalue weighted by molar-refractivity contribution is 0.663. The van der Waals surface area contributed by atoms with Gasteiger partial charge in [0, 0.05) is 18.9 Å². The van der Waals surface area contributed by atoms with E-state index in [1.54, 1.807) is 12.4 Å². The van der Waals surface area contributed by atoms with Crippen molar-refractivity contribution in [3.63, 3.8) is 0 Å². The van der Waals surface area contributed by atoms with Crippen molar-refractivity contribution in [2.75, 3.05) is 0 Å². The first-order valence-electron chi connectivity index (χ1n) is 4.42. The van der Waals surface area contributed by atoms with E-state index in [1.165, 1.54) is 0 Å². The topological polar surface area (TPSA) is 43.6 Å². The van der Waals surface area contributed by atoms with Crippen LogP contribution in [0.4, 0.5) is 0 Å². The first-order valence-corrected chi connectivity index (χ1v) is 5.88. The predicted octanol–water partition coefficient (Wildman–Crippen LogP) is 2.62. The summed E-state index contributed by atoms with van der Waals surface area (Å²) in [6.07, 6.45) is 3.44. The maximum Gasteiger partial charge on any atom is 0.179 e. The zero-order chi connectivity index (χ0) is 10.8. The highest BCUT2D eigenvalue weighted by atomic mass is 127. The van der Waals surface area contributed by atoms with Gasteiger partial charge in [-0.25, -0.2) is 9.97 Å².